The van der Waals surface area contributed by atoms with Gasteiger partial charge in [-0.2, -0.15) is 6.07 Å². The normalized spacial score (nSPS) is 11.5. The van der Waals surface area contributed by atoms with Crippen molar-refractivity contribution in [2.45, 2.75) is 13.8 Å². The summed E-state index contributed by atoms with van der Waals surface area (Å²) in [7, 11) is 0. The summed E-state index contributed by atoms with van der Waals surface area (Å²) >= 11 is 0. The van der Waals surface area contributed by atoms with Crippen LogP contribution >= 0.6 is 0 Å². The van der Waals surface area contributed by atoms with E-state index in [1.807, 2.05) is 44.2 Å². The van der Waals surface area contributed by atoms with Crippen LogP contribution in [0, 0.1) is 6.07 Å². The predicted molar refractivity (Wildman–Crippen MR) is 51.4 cm³/mol. The van der Waals surface area contributed by atoms with Crippen molar-refractivity contribution in [2.24, 2.45) is 0 Å². The lowest BCUT2D eigenvalue weighted by molar-refractivity contribution is 0.537. The van der Waals surface area contributed by atoms with Gasteiger partial charge in [0.25, 0.3) is 6.26 Å². The molecular weight excluding hydrogens is 148 g/mol. The molecule has 0 amide bonds. The Morgan fingerprint density at radius 1 is 1.25 bits per heavy atom. The van der Waals surface area contributed by atoms with E-state index >= 15 is 0 Å². The van der Waals surface area contributed by atoms with Crippen LogP contribution in [0.2, 0.25) is 0 Å². The zero-order valence-electron chi connectivity index (χ0n) is 7.37. The molecule has 0 spiro atoms. The summed E-state index contributed by atoms with van der Waals surface area (Å²) in [5, 5.41) is 0. The summed E-state index contributed by atoms with van der Waals surface area (Å²) in [5.41, 5.74) is 1.03. The lowest BCUT2D eigenvalue weighted by Gasteiger charge is -1.91. The first-order chi connectivity index (χ1) is 5.86. The molecule has 0 fully saturated rings. The summed E-state index contributed by atoms with van der Waals surface area (Å²) < 4.78 is 5.26. The molecule has 0 aromatic carbocycles. The molecule has 1 aromatic rings. The maximum Gasteiger partial charge on any atom is 0.271 e. The van der Waals surface area contributed by atoms with Crippen LogP contribution in [-0.4, -0.2) is 0 Å². The van der Waals surface area contributed by atoms with Gasteiger partial charge < -0.3 is 0 Å². The standard InChI is InChI=1S/C11H12O/c1-3-5-10-7-8-11(6-4-2)12-9-10/h3-7,9H,1-2H3. The molecule has 1 heteroatoms. The summed E-state index contributed by atoms with van der Waals surface area (Å²) in [6, 6.07) is 4.92. The molecule has 0 aliphatic rings. The van der Waals surface area contributed by atoms with Gasteiger partial charge in [0.1, 0.15) is 0 Å². The smallest absolute Gasteiger partial charge is 0.257 e. The fourth-order valence-electron chi connectivity index (χ4n) is 0.873. The van der Waals surface area contributed by atoms with Crippen LogP contribution in [0.5, 0.6) is 0 Å². The summed E-state index contributed by atoms with van der Waals surface area (Å²) in [5.74, 6) is 0.755. The van der Waals surface area contributed by atoms with Gasteiger partial charge in [-0.05, 0) is 12.5 Å². The second kappa shape index (κ2) is 4.50. The Hall–Kier alpha value is -1.37. The predicted octanol–water partition coefficient (Wildman–Crippen LogP) is 3.43. The maximum absolute atomic E-state index is 5.26. The maximum atomic E-state index is 5.26. The average Bonchev–Trinajstić information content (AvgIpc) is 2.09. The van der Waals surface area contributed by atoms with Crippen LogP contribution in [0.25, 0.3) is 12.2 Å². The van der Waals surface area contributed by atoms with Gasteiger partial charge in [-0.1, -0.05) is 25.1 Å². The van der Waals surface area contributed by atoms with Crippen molar-refractivity contribution in [2.75, 3.05) is 0 Å². The van der Waals surface area contributed by atoms with Crippen molar-refractivity contribution in [1.29, 1.82) is 0 Å². The Kier molecular flexibility index (Phi) is 3.27. The molecule has 1 rings (SSSR count). The fraction of sp³-hybridized carbons (Fsp3) is 0.182. The van der Waals surface area contributed by atoms with Crippen molar-refractivity contribution < 1.29 is 4.42 Å². The van der Waals surface area contributed by atoms with E-state index in [1.54, 1.807) is 6.26 Å². The minimum atomic E-state index is 0.755. The van der Waals surface area contributed by atoms with Gasteiger partial charge in [0.15, 0.2) is 0 Å². The van der Waals surface area contributed by atoms with Gasteiger partial charge in [-0.15, -0.1) is 12.2 Å². The minimum absolute atomic E-state index is 0.755. The van der Waals surface area contributed by atoms with E-state index in [-0.39, 0.29) is 0 Å². The van der Waals surface area contributed by atoms with E-state index in [1.165, 1.54) is 0 Å². The van der Waals surface area contributed by atoms with Crippen molar-refractivity contribution in [3.63, 3.8) is 0 Å². The second-order valence-corrected chi connectivity index (χ2v) is 2.39. The molecule has 0 saturated carbocycles. The Bertz CT molecular complexity index is 249. The van der Waals surface area contributed by atoms with E-state index in [4.69, 9.17) is 4.42 Å². The molecule has 1 nitrogen and oxygen atoms in total. The fourth-order valence-corrected chi connectivity index (χ4v) is 0.873. The zero-order valence-corrected chi connectivity index (χ0v) is 7.37. The van der Waals surface area contributed by atoms with Crippen LogP contribution in [-0.2, 0) is 0 Å². The first-order valence-electron chi connectivity index (χ1n) is 3.95. The Balaban J connectivity index is 2.85. The molecular formula is C11H12O. The zero-order chi connectivity index (χ0) is 8.81. The molecule has 0 bridgehead atoms. The molecule has 1 aromatic heterocycles. The monoisotopic (exact) mass is 160 g/mol. The van der Waals surface area contributed by atoms with E-state index < -0.39 is 0 Å². The van der Waals surface area contributed by atoms with E-state index in [0.717, 1.165) is 11.3 Å². The Labute approximate surface area is 73.0 Å². The molecule has 1 heterocycles. The molecule has 0 unspecified atom stereocenters. The first-order valence-corrected chi connectivity index (χ1v) is 3.95. The van der Waals surface area contributed by atoms with Crippen LogP contribution in [0.3, 0.4) is 0 Å². The number of hydrogen-bond donors (Lipinski definition) is 0. The summed E-state index contributed by atoms with van der Waals surface area (Å²) in [6.45, 7) is 3.92. The highest BCUT2D eigenvalue weighted by atomic mass is 16.3. The van der Waals surface area contributed by atoms with Gasteiger partial charge in [-0.25, -0.2) is 0 Å². The molecule has 0 aliphatic heterocycles. The third-order valence-corrected chi connectivity index (χ3v) is 1.38. The van der Waals surface area contributed by atoms with E-state index in [0.29, 0.717) is 0 Å². The molecule has 0 N–H and O–H groups in total. The average molecular weight is 160 g/mol. The van der Waals surface area contributed by atoms with Crippen molar-refractivity contribution in [3.8, 4) is 0 Å². The number of hydrogen-bond acceptors (Lipinski definition) is 0. The van der Waals surface area contributed by atoms with Crippen molar-refractivity contribution in [1.82, 2.24) is 0 Å². The van der Waals surface area contributed by atoms with Crippen LogP contribution in [0.1, 0.15) is 25.2 Å². The molecule has 62 valence electrons. The SMILES string of the molecule is CC=Cc1c[c-]c(C=CC)[o+]c1. The van der Waals surface area contributed by atoms with Crippen LogP contribution in [0.15, 0.2) is 28.9 Å². The topological polar surface area (TPSA) is 11.3 Å². The van der Waals surface area contributed by atoms with Gasteiger partial charge >= 0.3 is 0 Å². The third-order valence-electron chi connectivity index (χ3n) is 1.38. The van der Waals surface area contributed by atoms with Gasteiger partial charge in [0.05, 0.1) is 0 Å². The highest BCUT2D eigenvalue weighted by molar-refractivity contribution is 5.49. The highest BCUT2D eigenvalue weighted by Gasteiger charge is 1.91. The molecule has 12 heavy (non-hydrogen) atoms. The summed E-state index contributed by atoms with van der Waals surface area (Å²) in [6.07, 6.45) is 9.45. The third kappa shape index (κ3) is 2.35. The van der Waals surface area contributed by atoms with Crippen molar-refractivity contribution in [3.05, 3.63) is 41.9 Å². The van der Waals surface area contributed by atoms with Crippen LogP contribution < -0.4 is 0 Å². The van der Waals surface area contributed by atoms with Gasteiger partial charge in [-0.3, -0.25) is 4.42 Å². The van der Waals surface area contributed by atoms with E-state index in [2.05, 4.69) is 6.07 Å². The van der Waals surface area contributed by atoms with Crippen LogP contribution in [0.4, 0.5) is 0 Å². The number of rotatable bonds is 2. The highest BCUT2D eigenvalue weighted by Crippen LogP contribution is 2.06. The number of allylic oxidation sites excluding steroid dienone is 2. The first kappa shape index (κ1) is 8.72. The molecule has 0 aliphatic carbocycles. The Morgan fingerprint density at radius 3 is 2.50 bits per heavy atom. The molecule has 0 radical (unpaired) electrons. The second-order valence-electron chi connectivity index (χ2n) is 2.39. The van der Waals surface area contributed by atoms with E-state index in [9.17, 15) is 0 Å². The lowest BCUT2D eigenvalue weighted by atomic mass is 10.2. The largest absolute Gasteiger partial charge is 0.271 e. The Morgan fingerprint density at radius 2 is 2.00 bits per heavy atom. The molecule has 0 atom stereocenters. The summed E-state index contributed by atoms with van der Waals surface area (Å²) in [4.78, 5) is 0. The quantitative estimate of drug-likeness (QED) is 0.476. The lowest BCUT2D eigenvalue weighted by Crippen LogP contribution is -1.74. The van der Waals surface area contributed by atoms with Crippen molar-refractivity contribution >= 4 is 12.2 Å². The van der Waals surface area contributed by atoms with Gasteiger partial charge in [0, 0.05) is 0 Å². The van der Waals surface area contributed by atoms with Gasteiger partial charge in [0.2, 0.25) is 5.76 Å². The molecule has 0 saturated heterocycles. The minimum Gasteiger partial charge on any atom is -0.257 e.